The van der Waals surface area contributed by atoms with Crippen LogP contribution in [0.1, 0.15) is 41.6 Å². The summed E-state index contributed by atoms with van der Waals surface area (Å²) in [6, 6.07) is 17.5. The molecule has 2 aliphatic rings. The normalized spacial score (nSPS) is 17.8. The molecule has 1 aliphatic heterocycles. The molecule has 1 aliphatic carbocycles. The van der Waals surface area contributed by atoms with Gasteiger partial charge in [-0.1, -0.05) is 47.5 Å². The summed E-state index contributed by atoms with van der Waals surface area (Å²) in [6.07, 6.45) is 2.30. The van der Waals surface area contributed by atoms with E-state index in [-0.39, 0.29) is 23.4 Å². The van der Waals surface area contributed by atoms with Crippen molar-refractivity contribution in [3.8, 4) is 5.75 Å². The van der Waals surface area contributed by atoms with Gasteiger partial charge in [0.2, 0.25) is 0 Å². The number of hydrogen-bond donors (Lipinski definition) is 1. The van der Waals surface area contributed by atoms with E-state index in [1.807, 2.05) is 19.9 Å². The number of rotatable bonds is 5. The summed E-state index contributed by atoms with van der Waals surface area (Å²) in [7, 11) is -3.95. The largest absolute Gasteiger partial charge is 0.476 e. The Balaban J connectivity index is 1.42. The Labute approximate surface area is 210 Å². The summed E-state index contributed by atoms with van der Waals surface area (Å²) in [6.45, 7) is 3.65. The molecule has 1 N–H and O–H groups in total. The van der Waals surface area contributed by atoms with Crippen LogP contribution in [-0.2, 0) is 27.7 Å². The third-order valence-corrected chi connectivity index (χ3v) is 8.70. The number of hydrogen-bond acceptors (Lipinski definition) is 4. The third kappa shape index (κ3) is 4.62. The van der Waals surface area contributed by atoms with Crippen LogP contribution in [0.15, 0.2) is 65.6 Å². The standard InChI is InChI=1S/C27H27ClN2O4S/c1-17-6-11-23(12-7-17)35(32,33)30-16-26(34-25-13-10-22(28)15-24(25)30)27(31)29-18(2)20-9-8-19-4-3-5-21(19)14-20/h6-15,18,26H,3-5,16H2,1-2H3,(H,29,31)/t18-,26-/m1/s1. The van der Waals surface area contributed by atoms with Gasteiger partial charge < -0.3 is 10.1 Å². The monoisotopic (exact) mass is 510 g/mol. The summed E-state index contributed by atoms with van der Waals surface area (Å²) in [5.41, 5.74) is 4.99. The molecule has 6 nitrogen and oxygen atoms in total. The van der Waals surface area contributed by atoms with Gasteiger partial charge >= 0.3 is 0 Å². The van der Waals surface area contributed by atoms with E-state index in [1.54, 1.807) is 42.5 Å². The van der Waals surface area contributed by atoms with Crippen LogP contribution >= 0.6 is 11.6 Å². The molecule has 0 unspecified atom stereocenters. The van der Waals surface area contributed by atoms with E-state index in [2.05, 4.69) is 17.4 Å². The third-order valence-electron chi connectivity index (χ3n) is 6.67. The van der Waals surface area contributed by atoms with Gasteiger partial charge in [-0.3, -0.25) is 9.10 Å². The molecular weight excluding hydrogens is 484 g/mol. The lowest BCUT2D eigenvalue weighted by atomic mass is 10.0. The highest BCUT2D eigenvalue weighted by Gasteiger charge is 2.38. The number of nitrogens with one attached hydrogen (secondary N) is 1. The molecule has 182 valence electrons. The molecule has 0 radical (unpaired) electrons. The summed E-state index contributed by atoms with van der Waals surface area (Å²) in [5.74, 6) is -0.0793. The summed E-state index contributed by atoms with van der Waals surface area (Å²) >= 11 is 6.18. The van der Waals surface area contributed by atoms with Crippen LogP contribution in [0.25, 0.3) is 0 Å². The molecule has 1 heterocycles. The first-order chi connectivity index (χ1) is 16.7. The number of benzene rings is 3. The zero-order chi connectivity index (χ0) is 24.7. The maximum absolute atomic E-state index is 13.6. The molecule has 0 saturated carbocycles. The minimum Gasteiger partial charge on any atom is -0.476 e. The molecule has 0 saturated heterocycles. The first-order valence-electron chi connectivity index (χ1n) is 11.7. The van der Waals surface area contributed by atoms with Crippen molar-refractivity contribution in [2.75, 3.05) is 10.8 Å². The molecule has 3 aromatic carbocycles. The number of nitrogens with zero attached hydrogens (tertiary/aromatic N) is 1. The highest BCUT2D eigenvalue weighted by Crippen LogP contribution is 2.39. The summed E-state index contributed by atoms with van der Waals surface area (Å²) in [5, 5.41) is 3.39. The fourth-order valence-corrected chi connectivity index (χ4v) is 6.31. The molecular formula is C27H27ClN2O4S. The quantitative estimate of drug-likeness (QED) is 0.525. The molecule has 1 amide bonds. The molecule has 0 bridgehead atoms. The summed E-state index contributed by atoms with van der Waals surface area (Å²) in [4.78, 5) is 13.4. The van der Waals surface area contributed by atoms with Gasteiger partial charge in [-0.15, -0.1) is 0 Å². The van der Waals surface area contributed by atoms with Crippen LogP contribution in [-0.4, -0.2) is 27.0 Å². The Morgan fingerprint density at radius 1 is 1.06 bits per heavy atom. The SMILES string of the molecule is Cc1ccc(S(=O)(=O)N2C[C@H](C(=O)N[C@H](C)c3ccc4c(c3)CCC4)Oc3ccc(Cl)cc32)cc1. The number of carbonyl (C=O) groups excluding carboxylic acids is 1. The fourth-order valence-electron chi connectivity index (χ4n) is 4.68. The predicted octanol–water partition coefficient (Wildman–Crippen LogP) is 4.97. The van der Waals surface area contributed by atoms with Crippen LogP contribution in [0.5, 0.6) is 5.75 Å². The molecule has 0 fully saturated rings. The number of carbonyl (C=O) groups is 1. The van der Waals surface area contributed by atoms with Crippen molar-refractivity contribution in [3.05, 3.63) is 87.9 Å². The molecule has 8 heteroatoms. The molecule has 3 aromatic rings. The molecule has 5 rings (SSSR count). The van der Waals surface area contributed by atoms with Gasteiger partial charge in [-0.25, -0.2) is 8.42 Å². The van der Waals surface area contributed by atoms with Crippen LogP contribution in [0, 0.1) is 6.92 Å². The van der Waals surface area contributed by atoms with Gasteiger partial charge in [0, 0.05) is 5.02 Å². The maximum Gasteiger partial charge on any atom is 0.264 e. The van der Waals surface area contributed by atoms with E-state index in [9.17, 15) is 13.2 Å². The van der Waals surface area contributed by atoms with Gasteiger partial charge in [0.1, 0.15) is 5.75 Å². The van der Waals surface area contributed by atoms with Crippen molar-refractivity contribution >= 4 is 33.2 Å². The van der Waals surface area contributed by atoms with E-state index < -0.39 is 16.1 Å². The van der Waals surface area contributed by atoms with Crippen LogP contribution in [0.3, 0.4) is 0 Å². The van der Waals surface area contributed by atoms with Crippen LogP contribution in [0.2, 0.25) is 5.02 Å². The van der Waals surface area contributed by atoms with Gasteiger partial charge in [-0.05, 0) is 80.1 Å². The zero-order valence-electron chi connectivity index (χ0n) is 19.6. The number of anilines is 1. The smallest absolute Gasteiger partial charge is 0.264 e. The fraction of sp³-hybridized carbons (Fsp3) is 0.296. The number of halogens is 1. The summed E-state index contributed by atoms with van der Waals surface area (Å²) < 4.78 is 34.4. The molecule has 2 atom stereocenters. The Bertz CT molecular complexity index is 1390. The lowest BCUT2D eigenvalue weighted by Gasteiger charge is -2.35. The number of fused-ring (bicyclic) bond motifs is 2. The van der Waals surface area contributed by atoms with Crippen molar-refractivity contribution in [1.82, 2.24) is 5.32 Å². The van der Waals surface area contributed by atoms with E-state index in [0.717, 1.165) is 30.4 Å². The van der Waals surface area contributed by atoms with E-state index in [1.165, 1.54) is 15.4 Å². The van der Waals surface area contributed by atoms with Crippen molar-refractivity contribution in [2.45, 2.75) is 50.2 Å². The second kappa shape index (κ2) is 9.21. The van der Waals surface area contributed by atoms with E-state index in [0.29, 0.717) is 16.5 Å². The lowest BCUT2D eigenvalue weighted by molar-refractivity contribution is -0.128. The van der Waals surface area contributed by atoms with Gasteiger partial charge in [0.15, 0.2) is 6.10 Å². The van der Waals surface area contributed by atoms with E-state index >= 15 is 0 Å². The van der Waals surface area contributed by atoms with Gasteiger partial charge in [0.05, 0.1) is 23.2 Å². The highest BCUT2D eigenvalue weighted by molar-refractivity contribution is 7.92. The van der Waals surface area contributed by atoms with E-state index in [4.69, 9.17) is 16.3 Å². The Kier molecular flexibility index (Phi) is 6.23. The first-order valence-corrected chi connectivity index (χ1v) is 13.5. The predicted molar refractivity (Wildman–Crippen MR) is 137 cm³/mol. The number of ether oxygens (including phenoxy) is 1. The second-order valence-electron chi connectivity index (χ2n) is 9.18. The Morgan fingerprint density at radius 3 is 2.57 bits per heavy atom. The average Bonchev–Trinajstić information content (AvgIpc) is 3.31. The lowest BCUT2D eigenvalue weighted by Crippen LogP contribution is -2.51. The number of aryl methyl sites for hydroxylation is 3. The van der Waals surface area contributed by atoms with Gasteiger partial charge in [0.25, 0.3) is 15.9 Å². The second-order valence-corrected chi connectivity index (χ2v) is 11.5. The average molecular weight is 511 g/mol. The highest BCUT2D eigenvalue weighted by atomic mass is 35.5. The first kappa shape index (κ1) is 23.7. The molecule has 35 heavy (non-hydrogen) atoms. The number of amides is 1. The van der Waals surface area contributed by atoms with Crippen molar-refractivity contribution in [3.63, 3.8) is 0 Å². The minimum atomic E-state index is -3.95. The molecule has 0 spiro atoms. The van der Waals surface area contributed by atoms with Crippen molar-refractivity contribution < 1.29 is 17.9 Å². The minimum absolute atomic E-state index is 0.140. The topological polar surface area (TPSA) is 75.7 Å². The van der Waals surface area contributed by atoms with Gasteiger partial charge in [-0.2, -0.15) is 0 Å². The van der Waals surface area contributed by atoms with Crippen molar-refractivity contribution in [1.29, 1.82) is 0 Å². The van der Waals surface area contributed by atoms with Crippen molar-refractivity contribution in [2.24, 2.45) is 0 Å². The Hall–Kier alpha value is -3.03. The molecule has 0 aromatic heterocycles. The maximum atomic E-state index is 13.6. The zero-order valence-corrected chi connectivity index (χ0v) is 21.2. The van der Waals surface area contributed by atoms with Crippen LogP contribution < -0.4 is 14.4 Å². The van der Waals surface area contributed by atoms with Crippen LogP contribution in [0.4, 0.5) is 5.69 Å². The Morgan fingerprint density at radius 2 is 1.80 bits per heavy atom. The number of sulfonamides is 1.